The van der Waals surface area contributed by atoms with Crippen molar-refractivity contribution in [3.05, 3.63) is 35.9 Å². The normalized spacial score (nSPS) is 29.1. The van der Waals surface area contributed by atoms with Gasteiger partial charge in [0.15, 0.2) is 0 Å². The molecule has 1 spiro atoms. The first-order chi connectivity index (χ1) is 10.5. The summed E-state index contributed by atoms with van der Waals surface area (Å²) in [7, 11) is -3.28. The molecule has 1 amide bonds. The van der Waals surface area contributed by atoms with E-state index < -0.39 is 15.4 Å². The molecule has 0 bridgehead atoms. The molecule has 2 aliphatic rings. The fourth-order valence-electron chi connectivity index (χ4n) is 3.75. The van der Waals surface area contributed by atoms with Crippen molar-refractivity contribution in [2.75, 3.05) is 25.4 Å². The number of nitrogens with one attached hydrogen (secondary N) is 1. The Morgan fingerprint density at radius 1 is 1.32 bits per heavy atom. The van der Waals surface area contributed by atoms with Crippen molar-refractivity contribution in [2.24, 2.45) is 5.41 Å². The van der Waals surface area contributed by atoms with Gasteiger partial charge in [-0.05, 0) is 18.4 Å². The molecule has 120 valence electrons. The van der Waals surface area contributed by atoms with Crippen LogP contribution in [0.15, 0.2) is 30.3 Å². The van der Waals surface area contributed by atoms with Gasteiger partial charge in [-0.1, -0.05) is 37.3 Å². The monoisotopic (exact) mass is 322 g/mol. The SMILES string of the molecule is CCCS(=O)(=O)N1C[C@@H](c2ccccc2)[C@@]2(CCNC2=O)C1. The lowest BCUT2D eigenvalue weighted by Gasteiger charge is -2.27. The summed E-state index contributed by atoms with van der Waals surface area (Å²) in [6, 6.07) is 9.81. The highest BCUT2D eigenvalue weighted by Crippen LogP contribution is 2.48. The van der Waals surface area contributed by atoms with Gasteiger partial charge < -0.3 is 5.32 Å². The van der Waals surface area contributed by atoms with E-state index in [-0.39, 0.29) is 17.6 Å². The Bertz CT molecular complexity index is 659. The lowest BCUT2D eigenvalue weighted by Crippen LogP contribution is -2.39. The standard InChI is InChI=1S/C16H22N2O3S/c1-2-10-22(20,21)18-11-14(13-6-4-3-5-7-13)16(12-18)8-9-17-15(16)19/h3-7,14H,2,8-12H2,1H3,(H,17,19)/t14-,16+/m0/s1. The van der Waals surface area contributed by atoms with Gasteiger partial charge >= 0.3 is 0 Å². The molecule has 1 N–H and O–H groups in total. The number of hydrogen-bond donors (Lipinski definition) is 1. The molecule has 0 unspecified atom stereocenters. The van der Waals surface area contributed by atoms with E-state index in [1.54, 1.807) is 0 Å². The van der Waals surface area contributed by atoms with Crippen molar-refractivity contribution < 1.29 is 13.2 Å². The van der Waals surface area contributed by atoms with Gasteiger partial charge in [0.2, 0.25) is 15.9 Å². The second-order valence-electron chi connectivity index (χ2n) is 6.23. The number of hydrogen-bond acceptors (Lipinski definition) is 3. The lowest BCUT2D eigenvalue weighted by atomic mass is 9.73. The Hall–Kier alpha value is -1.40. The van der Waals surface area contributed by atoms with Gasteiger partial charge in [-0.3, -0.25) is 4.79 Å². The molecule has 3 rings (SSSR count). The minimum atomic E-state index is -3.28. The van der Waals surface area contributed by atoms with Gasteiger partial charge in [-0.2, -0.15) is 0 Å². The van der Waals surface area contributed by atoms with Crippen LogP contribution in [-0.2, 0) is 14.8 Å². The van der Waals surface area contributed by atoms with E-state index >= 15 is 0 Å². The van der Waals surface area contributed by atoms with Crippen LogP contribution in [0.3, 0.4) is 0 Å². The number of amides is 1. The van der Waals surface area contributed by atoms with E-state index in [2.05, 4.69) is 5.32 Å². The Kier molecular flexibility index (Phi) is 3.99. The zero-order chi connectivity index (χ0) is 15.8. The van der Waals surface area contributed by atoms with Gasteiger partial charge in [0.05, 0.1) is 11.2 Å². The molecule has 0 aromatic heterocycles. The molecular weight excluding hydrogens is 300 g/mol. The van der Waals surface area contributed by atoms with Crippen LogP contribution in [-0.4, -0.2) is 44.0 Å². The molecule has 2 heterocycles. The Balaban J connectivity index is 1.98. The Morgan fingerprint density at radius 2 is 2.05 bits per heavy atom. The second-order valence-corrected chi connectivity index (χ2v) is 8.32. The summed E-state index contributed by atoms with van der Waals surface area (Å²) >= 11 is 0. The van der Waals surface area contributed by atoms with Crippen molar-refractivity contribution in [3.8, 4) is 0 Å². The number of benzene rings is 1. The number of carbonyl (C=O) groups is 1. The number of nitrogens with zero attached hydrogens (tertiary/aromatic N) is 1. The van der Waals surface area contributed by atoms with E-state index in [4.69, 9.17) is 0 Å². The van der Waals surface area contributed by atoms with Crippen molar-refractivity contribution in [1.29, 1.82) is 0 Å². The van der Waals surface area contributed by atoms with Crippen LogP contribution in [0.2, 0.25) is 0 Å². The van der Waals surface area contributed by atoms with E-state index in [1.165, 1.54) is 4.31 Å². The van der Waals surface area contributed by atoms with Gasteiger partial charge in [-0.15, -0.1) is 0 Å². The zero-order valence-corrected chi connectivity index (χ0v) is 13.6. The van der Waals surface area contributed by atoms with Gasteiger partial charge in [-0.25, -0.2) is 12.7 Å². The molecule has 0 aliphatic carbocycles. The molecule has 1 aromatic rings. The molecular formula is C16H22N2O3S. The van der Waals surface area contributed by atoms with Crippen molar-refractivity contribution >= 4 is 15.9 Å². The smallest absolute Gasteiger partial charge is 0.228 e. The number of rotatable bonds is 4. The third-order valence-electron chi connectivity index (χ3n) is 4.88. The summed E-state index contributed by atoms with van der Waals surface area (Å²) in [6.07, 6.45) is 1.29. The third kappa shape index (κ3) is 2.44. The summed E-state index contributed by atoms with van der Waals surface area (Å²) < 4.78 is 26.4. The van der Waals surface area contributed by atoms with Gasteiger partial charge in [0, 0.05) is 25.6 Å². The maximum Gasteiger partial charge on any atom is 0.228 e. The predicted molar refractivity (Wildman–Crippen MR) is 84.9 cm³/mol. The van der Waals surface area contributed by atoms with E-state index in [0.717, 1.165) is 5.56 Å². The molecule has 1 aromatic carbocycles. The van der Waals surface area contributed by atoms with Crippen LogP contribution >= 0.6 is 0 Å². The summed E-state index contributed by atoms with van der Waals surface area (Å²) in [5.41, 5.74) is 0.441. The number of carbonyl (C=O) groups excluding carboxylic acids is 1. The van der Waals surface area contributed by atoms with Crippen LogP contribution < -0.4 is 5.32 Å². The summed E-state index contributed by atoms with van der Waals surface area (Å²) in [4.78, 5) is 12.5. The minimum Gasteiger partial charge on any atom is -0.356 e. The molecule has 2 saturated heterocycles. The van der Waals surface area contributed by atoms with Gasteiger partial charge in [0.1, 0.15) is 0 Å². The fraction of sp³-hybridized carbons (Fsp3) is 0.562. The molecule has 5 nitrogen and oxygen atoms in total. The van der Waals surface area contributed by atoms with Gasteiger partial charge in [0.25, 0.3) is 0 Å². The second kappa shape index (κ2) is 5.66. The average Bonchev–Trinajstić information content (AvgIpc) is 3.06. The quantitative estimate of drug-likeness (QED) is 0.909. The molecule has 2 fully saturated rings. The van der Waals surface area contributed by atoms with Crippen molar-refractivity contribution in [2.45, 2.75) is 25.7 Å². The summed E-state index contributed by atoms with van der Waals surface area (Å²) in [5, 5.41) is 2.90. The molecule has 2 atom stereocenters. The van der Waals surface area contributed by atoms with Crippen molar-refractivity contribution in [3.63, 3.8) is 0 Å². The first-order valence-electron chi connectivity index (χ1n) is 7.81. The highest BCUT2D eigenvalue weighted by molar-refractivity contribution is 7.89. The maximum atomic E-state index is 12.5. The molecule has 0 saturated carbocycles. The van der Waals surface area contributed by atoms with E-state index in [9.17, 15) is 13.2 Å². The number of sulfonamides is 1. The average molecular weight is 322 g/mol. The maximum absolute atomic E-state index is 12.5. The van der Waals surface area contributed by atoms with Crippen LogP contribution in [0.4, 0.5) is 0 Å². The molecule has 2 aliphatic heterocycles. The highest BCUT2D eigenvalue weighted by atomic mass is 32.2. The van der Waals surface area contributed by atoms with Crippen molar-refractivity contribution in [1.82, 2.24) is 9.62 Å². The lowest BCUT2D eigenvalue weighted by molar-refractivity contribution is -0.127. The molecule has 6 heteroatoms. The predicted octanol–water partition coefficient (Wildman–Crippen LogP) is 1.33. The third-order valence-corrected chi connectivity index (χ3v) is 6.87. The molecule has 22 heavy (non-hydrogen) atoms. The Labute approximate surface area is 131 Å². The van der Waals surface area contributed by atoms with Crippen LogP contribution in [0.5, 0.6) is 0 Å². The van der Waals surface area contributed by atoms with Crippen LogP contribution in [0, 0.1) is 5.41 Å². The van der Waals surface area contributed by atoms with Crippen LogP contribution in [0.1, 0.15) is 31.2 Å². The summed E-state index contributed by atoms with van der Waals surface area (Å²) in [6.45, 7) is 3.20. The minimum absolute atomic E-state index is 0.00412. The fourth-order valence-corrected chi connectivity index (χ4v) is 5.33. The largest absolute Gasteiger partial charge is 0.356 e. The first kappa shape index (κ1) is 15.5. The summed E-state index contributed by atoms with van der Waals surface area (Å²) in [5.74, 6) is 0.0741. The topological polar surface area (TPSA) is 66.5 Å². The highest BCUT2D eigenvalue weighted by Gasteiger charge is 2.56. The molecule has 0 radical (unpaired) electrons. The van der Waals surface area contributed by atoms with E-state index in [0.29, 0.717) is 32.5 Å². The Morgan fingerprint density at radius 3 is 2.64 bits per heavy atom. The van der Waals surface area contributed by atoms with E-state index in [1.807, 2.05) is 37.3 Å². The van der Waals surface area contributed by atoms with Crippen LogP contribution in [0.25, 0.3) is 0 Å². The zero-order valence-electron chi connectivity index (χ0n) is 12.8. The first-order valence-corrected chi connectivity index (χ1v) is 9.41.